The zero-order valence-corrected chi connectivity index (χ0v) is 12.1. The van der Waals surface area contributed by atoms with Gasteiger partial charge < -0.3 is 19.3 Å². The minimum absolute atomic E-state index is 0.252. The van der Waals surface area contributed by atoms with Crippen LogP contribution >= 0.6 is 0 Å². The Morgan fingerprint density at radius 1 is 0.737 bits per heavy atom. The number of sulfone groups is 1. The van der Waals surface area contributed by atoms with Crippen LogP contribution in [0.2, 0.25) is 0 Å². The molecule has 0 radical (unpaired) electrons. The van der Waals surface area contributed by atoms with Crippen LogP contribution in [0.5, 0.6) is 0 Å². The van der Waals surface area contributed by atoms with E-state index < -0.39 is 9.84 Å². The van der Waals surface area contributed by atoms with Crippen LogP contribution < -0.4 is 9.80 Å². The molecular weight excluding hydrogens is 268 g/mol. The van der Waals surface area contributed by atoms with Crippen molar-refractivity contribution in [2.24, 2.45) is 0 Å². The third-order valence-corrected chi connectivity index (χ3v) is 6.41. The molecule has 3 aliphatic rings. The standard InChI is InChI=1S/C12H22N2O4S/c15-19(16)9-11(13-1-5-17-6-2-13)12(10-19)14-3-7-18-8-4-14/h11-12H,1-10H2/p+2/t11-,12+. The second kappa shape index (κ2) is 5.65. The van der Waals surface area contributed by atoms with Crippen molar-refractivity contribution in [3.8, 4) is 0 Å². The fourth-order valence-corrected chi connectivity index (χ4v) is 5.83. The third kappa shape index (κ3) is 3.11. The van der Waals surface area contributed by atoms with Crippen molar-refractivity contribution in [1.29, 1.82) is 0 Å². The van der Waals surface area contributed by atoms with Gasteiger partial charge in [-0.2, -0.15) is 0 Å². The normalized spacial score (nSPS) is 37.5. The molecule has 2 atom stereocenters. The lowest BCUT2D eigenvalue weighted by Crippen LogP contribution is -3.27. The van der Waals surface area contributed by atoms with E-state index in [1.807, 2.05) is 0 Å². The van der Waals surface area contributed by atoms with Crippen LogP contribution in [-0.4, -0.2) is 84.6 Å². The summed E-state index contributed by atoms with van der Waals surface area (Å²) in [6.07, 6.45) is 0. The van der Waals surface area contributed by atoms with Crippen LogP contribution in [0.15, 0.2) is 0 Å². The highest BCUT2D eigenvalue weighted by atomic mass is 32.2. The lowest BCUT2D eigenvalue weighted by atomic mass is 10.1. The van der Waals surface area contributed by atoms with Crippen molar-refractivity contribution >= 4 is 9.84 Å². The van der Waals surface area contributed by atoms with Gasteiger partial charge in [-0.1, -0.05) is 0 Å². The highest BCUT2D eigenvalue weighted by Crippen LogP contribution is 2.09. The van der Waals surface area contributed by atoms with E-state index >= 15 is 0 Å². The van der Waals surface area contributed by atoms with E-state index in [9.17, 15) is 8.42 Å². The zero-order chi connectivity index (χ0) is 13.3. The molecule has 0 amide bonds. The lowest BCUT2D eigenvalue weighted by molar-refractivity contribution is -0.996. The fourth-order valence-electron chi connectivity index (χ4n) is 3.66. The fraction of sp³-hybridized carbons (Fsp3) is 1.00. The Kier molecular flexibility index (Phi) is 4.09. The topological polar surface area (TPSA) is 61.5 Å². The van der Waals surface area contributed by atoms with Gasteiger partial charge in [-0.25, -0.2) is 8.42 Å². The van der Waals surface area contributed by atoms with Gasteiger partial charge in [0.05, 0.1) is 26.4 Å². The Morgan fingerprint density at radius 2 is 1.11 bits per heavy atom. The van der Waals surface area contributed by atoms with Crippen LogP contribution in [-0.2, 0) is 19.3 Å². The van der Waals surface area contributed by atoms with Crippen LogP contribution in [0.1, 0.15) is 0 Å². The van der Waals surface area contributed by atoms with Gasteiger partial charge in [0.1, 0.15) is 37.7 Å². The van der Waals surface area contributed by atoms with Gasteiger partial charge in [0.2, 0.25) is 0 Å². The Bertz CT molecular complexity index is 370. The van der Waals surface area contributed by atoms with Crippen molar-refractivity contribution in [2.45, 2.75) is 12.1 Å². The van der Waals surface area contributed by atoms with Gasteiger partial charge in [-0.3, -0.25) is 0 Å². The maximum Gasteiger partial charge on any atom is 0.162 e. The first kappa shape index (κ1) is 13.8. The van der Waals surface area contributed by atoms with E-state index in [0.717, 1.165) is 52.6 Å². The average Bonchev–Trinajstić information content (AvgIpc) is 2.77. The Labute approximate surface area is 114 Å². The largest absolute Gasteiger partial charge is 0.370 e. The average molecular weight is 292 g/mol. The van der Waals surface area contributed by atoms with Gasteiger partial charge >= 0.3 is 0 Å². The van der Waals surface area contributed by atoms with Gasteiger partial charge in [0, 0.05) is 0 Å². The van der Waals surface area contributed by atoms with Gasteiger partial charge in [-0.05, 0) is 0 Å². The number of rotatable bonds is 2. The molecule has 0 spiro atoms. The quantitative estimate of drug-likeness (QED) is 0.544. The highest BCUT2D eigenvalue weighted by Gasteiger charge is 2.49. The molecule has 3 fully saturated rings. The molecule has 3 heterocycles. The van der Waals surface area contributed by atoms with E-state index in [2.05, 4.69) is 0 Å². The number of quaternary nitrogens is 2. The highest BCUT2D eigenvalue weighted by molar-refractivity contribution is 7.91. The van der Waals surface area contributed by atoms with Crippen molar-refractivity contribution in [3.63, 3.8) is 0 Å². The molecule has 6 nitrogen and oxygen atoms in total. The smallest absolute Gasteiger partial charge is 0.162 e. The van der Waals surface area contributed by atoms with Crippen molar-refractivity contribution < 1.29 is 27.7 Å². The molecule has 3 rings (SSSR count). The molecule has 0 aromatic heterocycles. The summed E-state index contributed by atoms with van der Waals surface area (Å²) < 4.78 is 34.9. The summed E-state index contributed by atoms with van der Waals surface area (Å²) in [6, 6.07) is 0.504. The van der Waals surface area contributed by atoms with Gasteiger partial charge in [0.25, 0.3) is 0 Å². The first-order chi connectivity index (χ1) is 9.16. The third-order valence-electron chi connectivity index (χ3n) is 4.67. The molecule has 0 aromatic carbocycles. The summed E-state index contributed by atoms with van der Waals surface area (Å²) in [5.41, 5.74) is 0. The Hall–Kier alpha value is -0.210. The summed E-state index contributed by atoms with van der Waals surface area (Å²) in [5, 5.41) is 0. The van der Waals surface area contributed by atoms with Crippen molar-refractivity contribution in [1.82, 2.24) is 0 Å². The molecule has 3 saturated heterocycles. The first-order valence-corrected chi connectivity index (χ1v) is 9.03. The Morgan fingerprint density at radius 3 is 1.47 bits per heavy atom. The molecule has 7 heteroatoms. The molecule has 19 heavy (non-hydrogen) atoms. The number of nitrogens with one attached hydrogen (secondary N) is 2. The van der Waals surface area contributed by atoms with Crippen molar-refractivity contribution in [3.05, 3.63) is 0 Å². The second-order valence-electron chi connectivity index (χ2n) is 5.83. The molecular formula is C12H24N2O4S+2. The number of morpholine rings is 2. The first-order valence-electron chi connectivity index (χ1n) is 7.21. The van der Waals surface area contributed by atoms with Crippen LogP contribution in [0, 0.1) is 0 Å². The van der Waals surface area contributed by atoms with Crippen molar-refractivity contribution in [2.75, 3.05) is 64.1 Å². The second-order valence-corrected chi connectivity index (χ2v) is 7.98. The maximum absolute atomic E-state index is 12.0. The van der Waals surface area contributed by atoms with Crippen LogP contribution in [0.25, 0.3) is 0 Å². The number of hydrogen-bond acceptors (Lipinski definition) is 4. The lowest BCUT2D eigenvalue weighted by Gasteiger charge is -2.36. The molecule has 0 aromatic rings. The van der Waals surface area contributed by atoms with E-state index in [4.69, 9.17) is 9.47 Å². The summed E-state index contributed by atoms with van der Waals surface area (Å²) in [7, 11) is -2.87. The SMILES string of the molecule is O=S1(=O)C[C@@H]([NH+]2CCOCC2)[C@@H]([NH+]2CCOCC2)C1. The molecule has 110 valence electrons. The summed E-state index contributed by atoms with van der Waals surface area (Å²) in [5.74, 6) is 0.717. The van der Waals surface area contributed by atoms with E-state index in [1.165, 1.54) is 9.80 Å². The Balaban J connectivity index is 1.74. The molecule has 0 saturated carbocycles. The van der Waals surface area contributed by atoms with E-state index in [-0.39, 0.29) is 12.1 Å². The maximum atomic E-state index is 12.0. The molecule has 0 aliphatic carbocycles. The predicted octanol–water partition coefficient (Wildman–Crippen LogP) is -4.02. The minimum Gasteiger partial charge on any atom is -0.370 e. The number of ether oxygens (including phenoxy) is 2. The predicted molar refractivity (Wildman–Crippen MR) is 69.3 cm³/mol. The number of hydrogen-bond donors (Lipinski definition) is 2. The summed E-state index contributed by atoms with van der Waals surface area (Å²) >= 11 is 0. The summed E-state index contributed by atoms with van der Waals surface area (Å²) in [6.45, 7) is 6.82. The van der Waals surface area contributed by atoms with E-state index in [0.29, 0.717) is 11.5 Å². The summed E-state index contributed by atoms with van der Waals surface area (Å²) in [4.78, 5) is 2.85. The molecule has 2 N–H and O–H groups in total. The van der Waals surface area contributed by atoms with E-state index in [1.54, 1.807) is 0 Å². The monoisotopic (exact) mass is 292 g/mol. The minimum atomic E-state index is -2.87. The van der Waals surface area contributed by atoms with Crippen LogP contribution in [0.3, 0.4) is 0 Å². The molecule has 0 unspecified atom stereocenters. The molecule has 3 aliphatic heterocycles. The molecule has 0 bridgehead atoms. The van der Waals surface area contributed by atoms with Gasteiger partial charge in [-0.15, -0.1) is 0 Å². The van der Waals surface area contributed by atoms with Crippen LogP contribution in [0.4, 0.5) is 0 Å². The zero-order valence-electron chi connectivity index (χ0n) is 11.3. The van der Waals surface area contributed by atoms with Gasteiger partial charge in [0.15, 0.2) is 21.9 Å².